The predicted octanol–water partition coefficient (Wildman–Crippen LogP) is 2.74. The lowest BCUT2D eigenvalue weighted by atomic mass is 10.0. The van der Waals surface area contributed by atoms with Crippen LogP contribution in [-0.4, -0.2) is 47.1 Å². The van der Waals surface area contributed by atoms with E-state index in [1.165, 1.54) is 12.1 Å². The summed E-state index contributed by atoms with van der Waals surface area (Å²) in [4.78, 5) is 49.7. The van der Waals surface area contributed by atoms with Gasteiger partial charge in [0.25, 0.3) is 5.91 Å². The van der Waals surface area contributed by atoms with Crippen molar-refractivity contribution in [2.24, 2.45) is 5.92 Å². The summed E-state index contributed by atoms with van der Waals surface area (Å²) in [5.41, 5.74) is 3.03. The average molecular weight is 447 g/mol. The quantitative estimate of drug-likeness (QED) is 0.382. The Hall–Kier alpha value is -3.26. The molecule has 2 atom stereocenters. The van der Waals surface area contributed by atoms with Gasteiger partial charge in [-0.05, 0) is 36.4 Å². The van der Waals surface area contributed by atoms with Crippen molar-refractivity contribution in [3.8, 4) is 0 Å². The fourth-order valence-corrected chi connectivity index (χ4v) is 3.33. The van der Waals surface area contributed by atoms with Crippen LogP contribution in [0.1, 0.15) is 33.6 Å². The van der Waals surface area contributed by atoms with E-state index >= 15 is 0 Å². The number of nitrogens with zero attached hydrogens (tertiary/aromatic N) is 1. The normalized spacial score (nSPS) is 16.6. The molecule has 1 heterocycles. The third kappa shape index (κ3) is 5.67. The molecule has 1 saturated heterocycles. The van der Waals surface area contributed by atoms with E-state index in [1.54, 1.807) is 30.3 Å². The molecule has 0 saturated carbocycles. The molecule has 1 aliphatic rings. The molecule has 2 aromatic rings. The Labute approximate surface area is 183 Å². The van der Waals surface area contributed by atoms with Crippen LogP contribution in [0, 0.1) is 11.7 Å². The Morgan fingerprint density at radius 3 is 2.42 bits per heavy atom. The van der Waals surface area contributed by atoms with Gasteiger partial charge in [-0.3, -0.25) is 29.6 Å². The smallest absolute Gasteiger partial charge is 0.312 e. The number of hydrogen-bond acceptors (Lipinski definition) is 5. The molecule has 0 radical (unpaired) electrons. The summed E-state index contributed by atoms with van der Waals surface area (Å²) in [6.45, 7) is -0.0748. The van der Waals surface area contributed by atoms with Gasteiger partial charge in [0.2, 0.25) is 11.7 Å². The summed E-state index contributed by atoms with van der Waals surface area (Å²) in [5, 5.41) is 1.07. The second-order valence-electron chi connectivity index (χ2n) is 6.99. The van der Waals surface area contributed by atoms with Crippen molar-refractivity contribution in [2.75, 3.05) is 12.4 Å². The number of rotatable bonds is 8. The first-order chi connectivity index (χ1) is 14.9. The number of nitrogens with one attached hydrogen (secondary N) is 1. The lowest BCUT2D eigenvalue weighted by Gasteiger charge is -2.19. The highest BCUT2D eigenvalue weighted by Gasteiger charge is 2.38. The third-order valence-corrected chi connectivity index (χ3v) is 5.00. The SMILES string of the molecule is O=C(NN1CC(C(=O)OC(CCCl)C(=O)c2ccc(F)cc2)CC1=O)c1ccccc1. The first-order valence-corrected chi connectivity index (χ1v) is 10.1. The lowest BCUT2D eigenvalue weighted by Crippen LogP contribution is -2.43. The van der Waals surface area contributed by atoms with Crippen LogP contribution in [0.5, 0.6) is 0 Å². The summed E-state index contributed by atoms with van der Waals surface area (Å²) in [6.07, 6.45) is -1.25. The number of alkyl halides is 1. The molecule has 2 aromatic carbocycles. The fourth-order valence-electron chi connectivity index (χ4n) is 3.13. The van der Waals surface area contributed by atoms with Crippen molar-refractivity contribution in [3.63, 3.8) is 0 Å². The summed E-state index contributed by atoms with van der Waals surface area (Å²) >= 11 is 5.74. The lowest BCUT2D eigenvalue weighted by molar-refractivity contribution is -0.151. The zero-order valence-electron chi connectivity index (χ0n) is 16.4. The van der Waals surface area contributed by atoms with Gasteiger partial charge in [-0.1, -0.05) is 18.2 Å². The maximum absolute atomic E-state index is 13.1. The summed E-state index contributed by atoms with van der Waals surface area (Å²) in [5.74, 6) is -3.44. The van der Waals surface area contributed by atoms with Crippen LogP contribution in [0.15, 0.2) is 54.6 Å². The Balaban J connectivity index is 1.62. The van der Waals surface area contributed by atoms with E-state index in [0.29, 0.717) is 5.56 Å². The van der Waals surface area contributed by atoms with Crippen molar-refractivity contribution < 1.29 is 28.3 Å². The molecular formula is C22H20ClFN2O5. The first kappa shape index (κ1) is 22.4. The molecule has 9 heteroatoms. The molecule has 7 nitrogen and oxygen atoms in total. The number of esters is 1. The number of carbonyl (C=O) groups is 4. The predicted molar refractivity (Wildman–Crippen MR) is 110 cm³/mol. The summed E-state index contributed by atoms with van der Waals surface area (Å²) in [6, 6.07) is 13.2. The number of benzene rings is 2. The van der Waals surface area contributed by atoms with Gasteiger partial charge >= 0.3 is 5.97 Å². The number of hydrazine groups is 1. The van der Waals surface area contributed by atoms with Gasteiger partial charge in [0, 0.05) is 29.8 Å². The number of ether oxygens (including phenoxy) is 1. The Bertz CT molecular complexity index is 968. The molecule has 2 amide bonds. The molecular weight excluding hydrogens is 427 g/mol. The van der Waals surface area contributed by atoms with Gasteiger partial charge in [-0.25, -0.2) is 4.39 Å². The summed E-state index contributed by atoms with van der Waals surface area (Å²) < 4.78 is 18.5. The molecule has 3 rings (SSSR count). The first-order valence-electron chi connectivity index (χ1n) is 9.61. The molecule has 1 N–H and O–H groups in total. The molecule has 162 valence electrons. The van der Waals surface area contributed by atoms with Crippen molar-refractivity contribution in [2.45, 2.75) is 18.9 Å². The highest BCUT2D eigenvalue weighted by molar-refractivity contribution is 6.18. The standard InChI is InChI=1S/C22H20ClFN2O5/c23-11-10-18(20(28)14-6-8-17(24)9-7-14)31-22(30)16-12-19(27)26(13-16)25-21(29)15-4-2-1-3-5-15/h1-9,16,18H,10-13H2,(H,25,29). The van der Waals surface area contributed by atoms with Crippen LogP contribution in [0.4, 0.5) is 4.39 Å². The van der Waals surface area contributed by atoms with E-state index in [1.807, 2.05) is 0 Å². The van der Waals surface area contributed by atoms with Crippen molar-refractivity contribution in [1.82, 2.24) is 10.4 Å². The monoisotopic (exact) mass is 446 g/mol. The van der Waals surface area contributed by atoms with Gasteiger partial charge in [0.05, 0.1) is 12.5 Å². The van der Waals surface area contributed by atoms with E-state index < -0.39 is 41.4 Å². The largest absolute Gasteiger partial charge is 0.454 e. The minimum Gasteiger partial charge on any atom is -0.454 e. The molecule has 0 bridgehead atoms. The molecule has 1 aliphatic heterocycles. The number of amides is 2. The van der Waals surface area contributed by atoms with Crippen LogP contribution >= 0.6 is 11.6 Å². The van der Waals surface area contributed by atoms with Gasteiger partial charge in [0.15, 0.2) is 6.10 Å². The van der Waals surface area contributed by atoms with Crippen LogP contribution in [0.3, 0.4) is 0 Å². The van der Waals surface area contributed by atoms with E-state index in [0.717, 1.165) is 17.1 Å². The van der Waals surface area contributed by atoms with Crippen LogP contribution in [0.2, 0.25) is 0 Å². The summed E-state index contributed by atoms with van der Waals surface area (Å²) in [7, 11) is 0. The Morgan fingerprint density at radius 1 is 1.10 bits per heavy atom. The maximum Gasteiger partial charge on any atom is 0.312 e. The van der Waals surface area contributed by atoms with E-state index in [4.69, 9.17) is 16.3 Å². The topological polar surface area (TPSA) is 92.8 Å². The highest BCUT2D eigenvalue weighted by atomic mass is 35.5. The van der Waals surface area contributed by atoms with Gasteiger partial charge < -0.3 is 4.74 Å². The van der Waals surface area contributed by atoms with E-state index in [2.05, 4.69) is 5.43 Å². The molecule has 0 spiro atoms. The molecule has 1 fully saturated rings. The fraction of sp³-hybridized carbons (Fsp3) is 0.273. The average Bonchev–Trinajstić information content (AvgIpc) is 3.14. The van der Waals surface area contributed by atoms with Crippen molar-refractivity contribution in [1.29, 1.82) is 0 Å². The van der Waals surface area contributed by atoms with Crippen molar-refractivity contribution in [3.05, 3.63) is 71.5 Å². The zero-order valence-corrected chi connectivity index (χ0v) is 17.2. The van der Waals surface area contributed by atoms with E-state index in [-0.39, 0.29) is 30.8 Å². The molecule has 2 unspecified atom stereocenters. The Morgan fingerprint density at radius 2 is 1.77 bits per heavy atom. The van der Waals surface area contributed by atoms with Gasteiger partial charge in [0.1, 0.15) is 5.82 Å². The third-order valence-electron chi connectivity index (χ3n) is 4.78. The zero-order chi connectivity index (χ0) is 22.4. The second kappa shape index (κ2) is 10.2. The van der Waals surface area contributed by atoms with Gasteiger partial charge in [-0.2, -0.15) is 0 Å². The molecule has 0 aliphatic carbocycles. The number of hydrogen-bond donors (Lipinski definition) is 1. The Kier molecular flexibility index (Phi) is 7.36. The van der Waals surface area contributed by atoms with Crippen LogP contribution in [0.25, 0.3) is 0 Å². The minimum atomic E-state index is -1.15. The van der Waals surface area contributed by atoms with Crippen LogP contribution in [-0.2, 0) is 14.3 Å². The molecule has 31 heavy (non-hydrogen) atoms. The molecule has 0 aromatic heterocycles. The second-order valence-corrected chi connectivity index (χ2v) is 7.36. The number of Topliss-reactive ketones (excluding diaryl/α,β-unsaturated/α-hetero) is 1. The van der Waals surface area contributed by atoms with Crippen LogP contribution < -0.4 is 5.43 Å². The minimum absolute atomic E-state index is 0.0632. The van der Waals surface area contributed by atoms with Gasteiger partial charge in [-0.15, -0.1) is 11.6 Å². The highest BCUT2D eigenvalue weighted by Crippen LogP contribution is 2.21. The number of carbonyl (C=O) groups excluding carboxylic acids is 4. The van der Waals surface area contributed by atoms with Crippen molar-refractivity contribution >= 4 is 35.2 Å². The number of halogens is 2. The van der Waals surface area contributed by atoms with E-state index in [9.17, 15) is 23.6 Å². The maximum atomic E-state index is 13.1. The number of ketones is 1.